The van der Waals surface area contributed by atoms with Crippen LogP contribution < -0.4 is 0 Å². The Morgan fingerprint density at radius 2 is 1.74 bits per heavy atom. The van der Waals surface area contributed by atoms with Crippen LogP contribution in [0.5, 0.6) is 0 Å². The number of hydrogen-bond donors (Lipinski definition) is 1. The van der Waals surface area contributed by atoms with Gasteiger partial charge in [-0.2, -0.15) is 18.2 Å². The number of benzene rings is 2. The number of fused-ring (bicyclic) bond motifs is 1. The monoisotopic (exact) mass is 427 g/mol. The van der Waals surface area contributed by atoms with E-state index in [1.165, 1.54) is 12.1 Å². The van der Waals surface area contributed by atoms with Crippen molar-refractivity contribution in [1.82, 2.24) is 25.0 Å². The molecule has 0 amide bonds. The number of nitrogens with one attached hydrogen (secondary N) is 1. The van der Waals surface area contributed by atoms with Crippen molar-refractivity contribution in [3.8, 4) is 11.4 Å². The van der Waals surface area contributed by atoms with Crippen LogP contribution in [0.4, 0.5) is 13.2 Å². The van der Waals surface area contributed by atoms with Gasteiger partial charge in [0.2, 0.25) is 11.7 Å². The SMILES string of the molecule is FC(F)(F)c1ccc(-c2noc(CN3CCC(c4nc5ccccc5[nH]4)CC3)n2)cc1. The van der Waals surface area contributed by atoms with E-state index < -0.39 is 11.7 Å². The molecule has 1 aliphatic rings. The third-order valence-electron chi connectivity index (χ3n) is 5.68. The molecule has 0 spiro atoms. The lowest BCUT2D eigenvalue weighted by atomic mass is 9.96. The molecule has 31 heavy (non-hydrogen) atoms. The summed E-state index contributed by atoms with van der Waals surface area (Å²) < 4.78 is 43.5. The van der Waals surface area contributed by atoms with E-state index in [9.17, 15) is 13.2 Å². The van der Waals surface area contributed by atoms with Crippen LogP contribution in [0.25, 0.3) is 22.4 Å². The van der Waals surface area contributed by atoms with Gasteiger partial charge in [-0.05, 0) is 50.2 Å². The Morgan fingerprint density at radius 1 is 1.00 bits per heavy atom. The van der Waals surface area contributed by atoms with E-state index >= 15 is 0 Å². The van der Waals surface area contributed by atoms with Crippen molar-refractivity contribution in [2.75, 3.05) is 13.1 Å². The molecule has 0 aliphatic carbocycles. The number of rotatable bonds is 4. The highest BCUT2D eigenvalue weighted by Gasteiger charge is 2.30. The van der Waals surface area contributed by atoms with Gasteiger partial charge in [0.1, 0.15) is 5.82 Å². The first kappa shape index (κ1) is 19.7. The minimum Gasteiger partial charge on any atom is -0.342 e. The zero-order chi connectivity index (χ0) is 21.4. The molecule has 0 unspecified atom stereocenters. The molecular formula is C22H20F3N5O. The molecule has 9 heteroatoms. The molecule has 0 saturated carbocycles. The number of aromatic amines is 1. The van der Waals surface area contributed by atoms with Gasteiger partial charge in [0.15, 0.2) is 0 Å². The van der Waals surface area contributed by atoms with E-state index in [1.54, 1.807) is 0 Å². The van der Waals surface area contributed by atoms with Gasteiger partial charge in [0.25, 0.3) is 0 Å². The number of hydrogen-bond acceptors (Lipinski definition) is 5. The summed E-state index contributed by atoms with van der Waals surface area (Å²) in [6, 6.07) is 12.8. The number of aromatic nitrogens is 4. The van der Waals surface area contributed by atoms with Crippen molar-refractivity contribution in [1.29, 1.82) is 0 Å². The van der Waals surface area contributed by atoms with E-state index in [0.29, 0.717) is 29.7 Å². The second-order valence-corrected chi connectivity index (χ2v) is 7.78. The second-order valence-electron chi connectivity index (χ2n) is 7.78. The summed E-state index contributed by atoms with van der Waals surface area (Å²) in [5.41, 5.74) is 1.84. The van der Waals surface area contributed by atoms with Crippen LogP contribution in [-0.2, 0) is 12.7 Å². The molecule has 0 atom stereocenters. The third-order valence-corrected chi connectivity index (χ3v) is 5.68. The summed E-state index contributed by atoms with van der Waals surface area (Å²) in [7, 11) is 0. The molecular weight excluding hydrogens is 407 g/mol. The Morgan fingerprint density at radius 3 is 2.45 bits per heavy atom. The number of imidazole rings is 1. The van der Waals surface area contributed by atoms with Crippen LogP contribution in [0.2, 0.25) is 0 Å². The number of likely N-dealkylation sites (tertiary alicyclic amines) is 1. The first-order valence-corrected chi connectivity index (χ1v) is 10.1. The van der Waals surface area contributed by atoms with Crippen LogP contribution in [0, 0.1) is 0 Å². The molecule has 160 valence electrons. The molecule has 6 nitrogen and oxygen atoms in total. The van der Waals surface area contributed by atoms with Gasteiger partial charge in [-0.3, -0.25) is 4.90 Å². The molecule has 4 aromatic rings. The van der Waals surface area contributed by atoms with E-state index in [1.807, 2.05) is 24.3 Å². The molecule has 1 fully saturated rings. The van der Waals surface area contributed by atoms with Crippen molar-refractivity contribution < 1.29 is 17.7 Å². The summed E-state index contributed by atoms with van der Waals surface area (Å²) in [5.74, 6) is 2.16. The summed E-state index contributed by atoms with van der Waals surface area (Å²) in [5, 5.41) is 3.92. The van der Waals surface area contributed by atoms with Gasteiger partial charge >= 0.3 is 6.18 Å². The van der Waals surface area contributed by atoms with Crippen molar-refractivity contribution in [3.05, 3.63) is 65.8 Å². The lowest BCUT2D eigenvalue weighted by molar-refractivity contribution is -0.137. The first-order valence-electron chi connectivity index (χ1n) is 10.1. The fourth-order valence-electron chi connectivity index (χ4n) is 3.97. The maximum absolute atomic E-state index is 12.7. The third kappa shape index (κ3) is 4.18. The van der Waals surface area contributed by atoms with Gasteiger partial charge in [-0.1, -0.05) is 29.4 Å². The smallest absolute Gasteiger partial charge is 0.342 e. The number of para-hydroxylation sites is 2. The highest BCUT2D eigenvalue weighted by Crippen LogP contribution is 2.31. The molecule has 0 radical (unpaired) electrons. The van der Waals surface area contributed by atoms with Crippen molar-refractivity contribution in [3.63, 3.8) is 0 Å². The average Bonchev–Trinajstić information content (AvgIpc) is 3.41. The zero-order valence-electron chi connectivity index (χ0n) is 16.6. The molecule has 2 aromatic carbocycles. The molecule has 1 saturated heterocycles. The number of alkyl halides is 3. The van der Waals surface area contributed by atoms with Gasteiger partial charge in [0, 0.05) is 11.5 Å². The maximum Gasteiger partial charge on any atom is 0.416 e. The molecule has 5 rings (SSSR count). The topological polar surface area (TPSA) is 70.8 Å². The quantitative estimate of drug-likeness (QED) is 0.496. The Bertz CT molecular complexity index is 1140. The predicted octanol–water partition coefficient (Wildman–Crippen LogP) is 5.01. The zero-order valence-corrected chi connectivity index (χ0v) is 16.6. The van der Waals surface area contributed by atoms with Crippen molar-refractivity contribution in [2.24, 2.45) is 0 Å². The lowest BCUT2D eigenvalue weighted by Crippen LogP contribution is -2.32. The first-order chi connectivity index (χ1) is 15.0. The fourth-order valence-corrected chi connectivity index (χ4v) is 3.97. The Labute approximate surface area is 176 Å². The number of halogens is 3. The second kappa shape index (κ2) is 7.81. The van der Waals surface area contributed by atoms with Crippen LogP contribution in [0.15, 0.2) is 53.1 Å². The van der Waals surface area contributed by atoms with E-state index in [0.717, 1.165) is 54.9 Å². The van der Waals surface area contributed by atoms with Gasteiger partial charge in [0.05, 0.1) is 23.1 Å². The lowest BCUT2D eigenvalue weighted by Gasteiger charge is -2.29. The number of H-pyrrole nitrogens is 1. The number of nitrogens with zero attached hydrogens (tertiary/aromatic N) is 4. The Kier molecular flexibility index (Phi) is 4.97. The van der Waals surface area contributed by atoms with E-state index in [2.05, 4.69) is 20.0 Å². The number of piperidine rings is 1. The average molecular weight is 427 g/mol. The molecule has 1 aliphatic heterocycles. The molecule has 2 aromatic heterocycles. The minimum atomic E-state index is -4.37. The summed E-state index contributed by atoms with van der Waals surface area (Å²) >= 11 is 0. The van der Waals surface area contributed by atoms with Gasteiger partial charge in [-0.25, -0.2) is 4.98 Å². The van der Waals surface area contributed by atoms with Crippen LogP contribution in [0.3, 0.4) is 0 Å². The van der Waals surface area contributed by atoms with Crippen LogP contribution in [0.1, 0.15) is 36.0 Å². The van der Waals surface area contributed by atoms with E-state index in [4.69, 9.17) is 9.51 Å². The van der Waals surface area contributed by atoms with Crippen molar-refractivity contribution >= 4 is 11.0 Å². The highest BCUT2D eigenvalue weighted by atomic mass is 19.4. The van der Waals surface area contributed by atoms with Crippen LogP contribution in [-0.4, -0.2) is 38.1 Å². The van der Waals surface area contributed by atoms with E-state index in [-0.39, 0.29) is 0 Å². The van der Waals surface area contributed by atoms with Gasteiger partial charge < -0.3 is 9.51 Å². The largest absolute Gasteiger partial charge is 0.416 e. The molecule has 3 heterocycles. The Hall–Kier alpha value is -3.20. The minimum absolute atomic E-state index is 0.292. The Balaban J connectivity index is 1.20. The van der Waals surface area contributed by atoms with Crippen molar-refractivity contribution in [2.45, 2.75) is 31.5 Å². The maximum atomic E-state index is 12.7. The normalized spacial score (nSPS) is 16.2. The molecule has 0 bridgehead atoms. The highest BCUT2D eigenvalue weighted by molar-refractivity contribution is 5.74. The standard InChI is InChI=1S/C22H20F3N5O/c23-22(24,25)16-7-5-14(6-8-16)21-28-19(31-29-21)13-30-11-9-15(10-12-30)20-26-17-3-1-2-4-18(17)27-20/h1-8,15H,9-13H2,(H,26,27). The summed E-state index contributed by atoms with van der Waals surface area (Å²) in [6.07, 6.45) is -2.42. The molecule has 1 N–H and O–H groups in total. The summed E-state index contributed by atoms with van der Waals surface area (Å²) in [6.45, 7) is 2.26. The van der Waals surface area contributed by atoms with Crippen LogP contribution >= 0.6 is 0 Å². The summed E-state index contributed by atoms with van der Waals surface area (Å²) in [4.78, 5) is 14.7. The predicted molar refractivity (Wildman–Crippen MR) is 108 cm³/mol. The fraction of sp³-hybridized carbons (Fsp3) is 0.318. The van der Waals surface area contributed by atoms with Gasteiger partial charge in [-0.15, -0.1) is 0 Å².